The molecule has 2 heterocycles. The number of para-hydroxylation sites is 1. The van der Waals surface area contributed by atoms with Crippen LogP contribution in [0.15, 0.2) is 72.9 Å². The number of amides is 1. The molecule has 0 bridgehead atoms. The van der Waals surface area contributed by atoms with Crippen LogP contribution in [0.3, 0.4) is 0 Å². The van der Waals surface area contributed by atoms with Crippen molar-refractivity contribution in [2.24, 2.45) is 0 Å². The third-order valence-electron chi connectivity index (χ3n) is 6.30. The van der Waals surface area contributed by atoms with E-state index in [9.17, 15) is 13.2 Å². The molecule has 1 aliphatic rings. The second-order valence-electron chi connectivity index (χ2n) is 9.06. The van der Waals surface area contributed by atoms with Crippen LogP contribution in [0.4, 0.5) is 23.0 Å². The highest BCUT2D eigenvalue weighted by Crippen LogP contribution is 2.30. The summed E-state index contributed by atoms with van der Waals surface area (Å²) in [5, 5.41) is 4.23. The number of nitrogens with one attached hydrogen (secondary N) is 2. The van der Waals surface area contributed by atoms with Crippen LogP contribution in [0.1, 0.15) is 6.92 Å². The fraction of sp³-hybridized carbons (Fsp3) is 0.222. The number of rotatable bonds is 6. The Labute approximate surface area is 216 Å². The Morgan fingerprint density at radius 3 is 2.35 bits per heavy atom. The molecular formula is C27H28N6O3S. The summed E-state index contributed by atoms with van der Waals surface area (Å²) in [6.45, 7) is 4.62. The molecular weight excluding hydrogens is 488 g/mol. The summed E-state index contributed by atoms with van der Waals surface area (Å²) in [6.07, 6.45) is 2.92. The topological polar surface area (TPSA) is 108 Å². The van der Waals surface area contributed by atoms with Gasteiger partial charge in [-0.05, 0) is 35.9 Å². The van der Waals surface area contributed by atoms with Crippen molar-refractivity contribution in [1.82, 2.24) is 14.9 Å². The Balaban J connectivity index is 1.38. The molecule has 10 heteroatoms. The fourth-order valence-corrected chi connectivity index (χ4v) is 5.03. The molecule has 1 saturated heterocycles. The van der Waals surface area contributed by atoms with E-state index >= 15 is 0 Å². The lowest BCUT2D eigenvalue weighted by Crippen LogP contribution is -2.48. The van der Waals surface area contributed by atoms with Gasteiger partial charge in [0.1, 0.15) is 0 Å². The number of hydrogen-bond acceptors (Lipinski definition) is 7. The molecule has 0 radical (unpaired) electrons. The summed E-state index contributed by atoms with van der Waals surface area (Å²) in [5.41, 5.74) is 5.09. The van der Waals surface area contributed by atoms with Crippen LogP contribution >= 0.6 is 0 Å². The Hall–Kier alpha value is -4.18. The monoisotopic (exact) mass is 516 g/mol. The van der Waals surface area contributed by atoms with E-state index in [1.807, 2.05) is 47.4 Å². The van der Waals surface area contributed by atoms with Gasteiger partial charge in [-0.15, -0.1) is 0 Å². The average Bonchev–Trinajstić information content (AvgIpc) is 2.88. The molecule has 1 fully saturated rings. The number of nitrogens with zero attached hydrogens (tertiary/aromatic N) is 4. The van der Waals surface area contributed by atoms with Crippen molar-refractivity contribution in [2.75, 3.05) is 47.4 Å². The Morgan fingerprint density at radius 2 is 1.65 bits per heavy atom. The predicted molar refractivity (Wildman–Crippen MR) is 148 cm³/mol. The smallest absolute Gasteiger partial charge is 0.229 e. The molecule has 2 N–H and O–H groups in total. The summed E-state index contributed by atoms with van der Waals surface area (Å²) < 4.78 is 25.5. The maximum atomic E-state index is 11.6. The molecule has 3 aromatic carbocycles. The zero-order chi connectivity index (χ0) is 26.0. The number of sulfonamides is 1. The van der Waals surface area contributed by atoms with Crippen molar-refractivity contribution in [3.05, 3.63) is 72.9 Å². The molecule has 5 rings (SSSR count). The highest BCUT2D eigenvalue weighted by molar-refractivity contribution is 7.92. The number of benzene rings is 3. The van der Waals surface area contributed by atoms with Gasteiger partial charge in [0.15, 0.2) is 0 Å². The summed E-state index contributed by atoms with van der Waals surface area (Å²) in [4.78, 5) is 25.1. The molecule has 37 heavy (non-hydrogen) atoms. The predicted octanol–water partition coefficient (Wildman–Crippen LogP) is 4.08. The highest BCUT2D eigenvalue weighted by atomic mass is 32.2. The van der Waals surface area contributed by atoms with E-state index in [4.69, 9.17) is 4.98 Å². The molecule has 0 unspecified atom stereocenters. The van der Waals surface area contributed by atoms with Gasteiger partial charge in [0.25, 0.3) is 0 Å². The first-order valence-corrected chi connectivity index (χ1v) is 13.9. The van der Waals surface area contributed by atoms with Gasteiger partial charge in [-0.1, -0.05) is 36.4 Å². The molecule has 1 aliphatic heterocycles. The molecule has 0 spiro atoms. The van der Waals surface area contributed by atoms with Gasteiger partial charge >= 0.3 is 0 Å². The first-order valence-electron chi connectivity index (χ1n) is 12.0. The molecule has 1 aromatic heterocycles. The number of fused-ring (bicyclic) bond motifs is 1. The third kappa shape index (κ3) is 5.80. The zero-order valence-electron chi connectivity index (χ0n) is 20.7. The van der Waals surface area contributed by atoms with Crippen LogP contribution in [0.2, 0.25) is 0 Å². The van der Waals surface area contributed by atoms with Gasteiger partial charge in [-0.2, -0.15) is 0 Å². The van der Waals surface area contributed by atoms with Crippen LogP contribution in [0, 0.1) is 0 Å². The SMILES string of the molecule is CC(=O)N1CCN(c2cccc(Nc3ncc4cccc(-c5ccc(NS(C)(=O)=O)cc5)c4n3)c2)CC1. The van der Waals surface area contributed by atoms with Gasteiger partial charge in [-0.3, -0.25) is 9.52 Å². The summed E-state index contributed by atoms with van der Waals surface area (Å²) in [5.74, 6) is 0.596. The largest absolute Gasteiger partial charge is 0.368 e. The summed E-state index contributed by atoms with van der Waals surface area (Å²) in [6, 6.07) is 21.2. The molecule has 0 atom stereocenters. The van der Waals surface area contributed by atoms with E-state index in [0.29, 0.717) is 11.6 Å². The van der Waals surface area contributed by atoms with Crippen molar-refractivity contribution >= 4 is 49.8 Å². The minimum absolute atomic E-state index is 0.115. The van der Waals surface area contributed by atoms with E-state index in [0.717, 1.165) is 65.8 Å². The minimum Gasteiger partial charge on any atom is -0.368 e. The van der Waals surface area contributed by atoms with Crippen LogP contribution in [-0.2, 0) is 14.8 Å². The van der Waals surface area contributed by atoms with Crippen molar-refractivity contribution in [3.63, 3.8) is 0 Å². The highest BCUT2D eigenvalue weighted by Gasteiger charge is 2.19. The molecule has 1 amide bonds. The maximum absolute atomic E-state index is 11.6. The van der Waals surface area contributed by atoms with E-state index in [1.165, 1.54) is 0 Å². The van der Waals surface area contributed by atoms with E-state index in [2.05, 4.69) is 32.1 Å². The number of hydrogen-bond donors (Lipinski definition) is 2. The molecule has 4 aromatic rings. The Morgan fingerprint density at radius 1 is 0.919 bits per heavy atom. The van der Waals surface area contributed by atoms with E-state index in [1.54, 1.807) is 25.3 Å². The first kappa shape index (κ1) is 24.5. The normalized spacial score (nSPS) is 14.0. The second kappa shape index (κ2) is 10.1. The fourth-order valence-electron chi connectivity index (χ4n) is 4.47. The van der Waals surface area contributed by atoms with Gasteiger partial charge in [0.2, 0.25) is 21.9 Å². The summed E-state index contributed by atoms with van der Waals surface area (Å²) in [7, 11) is -3.34. The van der Waals surface area contributed by atoms with Gasteiger partial charge in [0.05, 0.1) is 11.8 Å². The Bertz CT molecular complexity index is 1550. The number of carbonyl (C=O) groups excluding carboxylic acids is 1. The van der Waals surface area contributed by atoms with Crippen molar-refractivity contribution in [1.29, 1.82) is 0 Å². The quantitative estimate of drug-likeness (QED) is 0.398. The van der Waals surface area contributed by atoms with Crippen molar-refractivity contribution < 1.29 is 13.2 Å². The maximum Gasteiger partial charge on any atom is 0.229 e. The van der Waals surface area contributed by atoms with E-state index < -0.39 is 10.0 Å². The van der Waals surface area contributed by atoms with Crippen LogP contribution in [-0.4, -0.2) is 61.6 Å². The first-order chi connectivity index (χ1) is 17.7. The van der Waals surface area contributed by atoms with Crippen molar-refractivity contribution in [3.8, 4) is 11.1 Å². The third-order valence-corrected chi connectivity index (χ3v) is 6.91. The molecule has 0 aliphatic carbocycles. The van der Waals surface area contributed by atoms with E-state index in [-0.39, 0.29) is 5.91 Å². The van der Waals surface area contributed by atoms with Gasteiger partial charge < -0.3 is 15.1 Å². The number of piperazine rings is 1. The number of aromatic nitrogens is 2. The number of carbonyl (C=O) groups is 1. The Kier molecular flexibility index (Phi) is 6.66. The number of anilines is 4. The molecule has 190 valence electrons. The zero-order valence-corrected chi connectivity index (χ0v) is 21.5. The van der Waals surface area contributed by atoms with Crippen LogP contribution in [0.5, 0.6) is 0 Å². The minimum atomic E-state index is -3.34. The lowest BCUT2D eigenvalue weighted by atomic mass is 10.0. The lowest BCUT2D eigenvalue weighted by molar-refractivity contribution is -0.129. The molecule has 9 nitrogen and oxygen atoms in total. The lowest BCUT2D eigenvalue weighted by Gasteiger charge is -2.35. The van der Waals surface area contributed by atoms with Crippen LogP contribution in [0.25, 0.3) is 22.0 Å². The average molecular weight is 517 g/mol. The van der Waals surface area contributed by atoms with Gasteiger partial charge in [0, 0.05) is 67.3 Å². The van der Waals surface area contributed by atoms with Gasteiger partial charge in [-0.25, -0.2) is 18.4 Å². The second-order valence-corrected chi connectivity index (χ2v) is 10.8. The summed E-state index contributed by atoms with van der Waals surface area (Å²) >= 11 is 0. The van der Waals surface area contributed by atoms with Crippen molar-refractivity contribution in [2.45, 2.75) is 6.92 Å². The standard InChI is InChI=1S/C27H28N6O3S/c1-19(34)32-13-15-33(16-14-32)24-7-4-6-23(17-24)29-27-28-18-21-5-3-8-25(26(21)30-27)20-9-11-22(12-10-20)31-37(2,35)36/h3-12,17-18,31H,13-16H2,1-2H3,(H,28,29,30). The van der Waals surface area contributed by atoms with Crippen LogP contribution < -0.4 is 14.9 Å². The molecule has 0 saturated carbocycles.